The van der Waals surface area contributed by atoms with Crippen LogP contribution >= 0.6 is 15.9 Å². The molecule has 1 aliphatic heterocycles. The number of carbonyl (C=O) groups excluding carboxylic acids is 2. The summed E-state index contributed by atoms with van der Waals surface area (Å²) in [5.74, 6) is -0.586. The van der Waals surface area contributed by atoms with E-state index in [1.165, 1.54) is 0 Å². The Bertz CT molecular complexity index is 560. The number of aryl methyl sites for hydroxylation is 1. The van der Waals surface area contributed by atoms with Crippen molar-refractivity contribution in [3.63, 3.8) is 0 Å². The Morgan fingerprint density at radius 1 is 1.26 bits per heavy atom. The van der Waals surface area contributed by atoms with Crippen LogP contribution in [0.2, 0.25) is 0 Å². The second-order valence-corrected chi connectivity index (χ2v) is 6.37. The number of rotatable bonds is 6. The van der Waals surface area contributed by atoms with Crippen LogP contribution in [0.1, 0.15) is 12.0 Å². The van der Waals surface area contributed by atoms with Crippen LogP contribution < -0.4 is 10.6 Å². The molecule has 126 valence electrons. The van der Waals surface area contributed by atoms with E-state index in [4.69, 9.17) is 4.74 Å². The Hall–Kier alpha value is -1.44. The third-order valence-electron chi connectivity index (χ3n) is 3.57. The van der Waals surface area contributed by atoms with Gasteiger partial charge in [-0.25, -0.2) is 0 Å². The van der Waals surface area contributed by atoms with E-state index >= 15 is 0 Å². The van der Waals surface area contributed by atoms with Gasteiger partial charge in [-0.3, -0.25) is 14.5 Å². The lowest BCUT2D eigenvalue weighted by atomic mass is 10.2. The van der Waals surface area contributed by atoms with E-state index < -0.39 is 0 Å². The van der Waals surface area contributed by atoms with Crippen molar-refractivity contribution in [2.24, 2.45) is 0 Å². The number of hydrogen-bond donors (Lipinski definition) is 2. The van der Waals surface area contributed by atoms with Crippen molar-refractivity contribution in [2.75, 3.05) is 44.7 Å². The average Bonchev–Trinajstić information content (AvgIpc) is 2.51. The number of hydrogen-bond acceptors (Lipinski definition) is 4. The molecule has 2 N–H and O–H groups in total. The number of benzene rings is 1. The average molecular weight is 384 g/mol. The summed E-state index contributed by atoms with van der Waals surface area (Å²) in [5.41, 5.74) is 1.76. The molecule has 1 aliphatic rings. The number of anilines is 1. The van der Waals surface area contributed by atoms with E-state index in [1.807, 2.05) is 25.1 Å². The lowest BCUT2D eigenvalue weighted by Crippen LogP contribution is -2.41. The monoisotopic (exact) mass is 383 g/mol. The van der Waals surface area contributed by atoms with Gasteiger partial charge in [-0.05, 0) is 40.5 Å². The van der Waals surface area contributed by atoms with E-state index in [9.17, 15) is 9.59 Å². The molecule has 1 heterocycles. The third-order valence-corrected chi connectivity index (χ3v) is 4.23. The van der Waals surface area contributed by atoms with Crippen LogP contribution in [0.15, 0.2) is 22.7 Å². The highest BCUT2D eigenvalue weighted by atomic mass is 79.9. The maximum Gasteiger partial charge on any atom is 0.233 e. The summed E-state index contributed by atoms with van der Waals surface area (Å²) >= 11 is 3.40. The van der Waals surface area contributed by atoms with Crippen LogP contribution in [0.5, 0.6) is 0 Å². The van der Waals surface area contributed by atoms with Crippen molar-refractivity contribution in [3.8, 4) is 0 Å². The summed E-state index contributed by atoms with van der Waals surface area (Å²) in [7, 11) is 0. The minimum absolute atomic E-state index is 0.177. The predicted octanol–water partition coefficient (Wildman–Crippen LogP) is 1.53. The van der Waals surface area contributed by atoms with E-state index in [1.54, 1.807) is 0 Å². The van der Waals surface area contributed by atoms with Crippen LogP contribution in [0.3, 0.4) is 0 Å². The summed E-state index contributed by atoms with van der Waals surface area (Å²) in [6, 6.07) is 5.63. The maximum absolute atomic E-state index is 11.9. The molecule has 6 nitrogen and oxygen atoms in total. The molecule has 2 rings (SSSR count). The summed E-state index contributed by atoms with van der Waals surface area (Å²) in [6.45, 7) is 6.54. The van der Waals surface area contributed by atoms with Gasteiger partial charge in [0.05, 0.1) is 18.9 Å². The number of morpholine rings is 1. The van der Waals surface area contributed by atoms with Gasteiger partial charge < -0.3 is 15.4 Å². The van der Waals surface area contributed by atoms with Crippen molar-refractivity contribution in [3.05, 3.63) is 28.2 Å². The fourth-order valence-electron chi connectivity index (χ4n) is 2.30. The Balaban J connectivity index is 1.68. The Morgan fingerprint density at radius 3 is 2.70 bits per heavy atom. The minimum atomic E-state index is -0.321. The van der Waals surface area contributed by atoms with Crippen LogP contribution in [0.4, 0.5) is 5.69 Å². The highest BCUT2D eigenvalue weighted by molar-refractivity contribution is 9.10. The van der Waals surface area contributed by atoms with Crippen molar-refractivity contribution >= 4 is 33.4 Å². The van der Waals surface area contributed by atoms with Gasteiger partial charge in [0.15, 0.2) is 0 Å². The van der Waals surface area contributed by atoms with E-state index in [0.29, 0.717) is 12.2 Å². The lowest BCUT2D eigenvalue weighted by Gasteiger charge is -2.26. The summed E-state index contributed by atoms with van der Waals surface area (Å²) in [5, 5.41) is 5.51. The molecule has 2 amide bonds. The molecular weight excluding hydrogens is 362 g/mol. The molecule has 1 saturated heterocycles. The standard InChI is InChI=1S/C16H22BrN3O3/c1-12-2-3-14(13(17)10-12)19-16(22)11-15(21)18-4-5-20-6-8-23-9-7-20/h2-3,10H,4-9,11H2,1H3,(H,18,21)(H,19,22). The Morgan fingerprint density at radius 2 is 2.00 bits per heavy atom. The first-order valence-corrected chi connectivity index (χ1v) is 8.46. The first kappa shape index (κ1) is 17.9. The summed E-state index contributed by atoms with van der Waals surface area (Å²) in [4.78, 5) is 25.9. The number of amides is 2. The van der Waals surface area contributed by atoms with Crippen LogP contribution in [-0.4, -0.2) is 56.1 Å². The van der Waals surface area contributed by atoms with Crippen molar-refractivity contribution in [1.29, 1.82) is 0 Å². The second kappa shape index (κ2) is 9.00. The number of nitrogens with zero attached hydrogens (tertiary/aromatic N) is 1. The van der Waals surface area contributed by atoms with Gasteiger partial charge in [-0.15, -0.1) is 0 Å². The number of carbonyl (C=O) groups is 2. The number of nitrogens with one attached hydrogen (secondary N) is 2. The van der Waals surface area contributed by atoms with Gasteiger partial charge in [0.2, 0.25) is 11.8 Å². The molecule has 0 bridgehead atoms. The Kier molecular flexibility index (Phi) is 7.01. The molecule has 1 aromatic rings. The Labute approximate surface area is 144 Å². The predicted molar refractivity (Wildman–Crippen MR) is 92.4 cm³/mol. The number of halogens is 1. The third kappa shape index (κ3) is 6.29. The molecule has 0 spiro atoms. The zero-order valence-electron chi connectivity index (χ0n) is 13.2. The topological polar surface area (TPSA) is 70.7 Å². The first-order chi connectivity index (χ1) is 11.0. The summed E-state index contributed by atoms with van der Waals surface area (Å²) in [6.07, 6.45) is -0.177. The largest absolute Gasteiger partial charge is 0.379 e. The molecule has 0 unspecified atom stereocenters. The zero-order valence-corrected chi connectivity index (χ0v) is 14.8. The molecular formula is C16H22BrN3O3. The van der Waals surface area contributed by atoms with Crippen molar-refractivity contribution in [2.45, 2.75) is 13.3 Å². The first-order valence-electron chi connectivity index (χ1n) is 7.67. The molecule has 1 fully saturated rings. The summed E-state index contributed by atoms with van der Waals surface area (Å²) < 4.78 is 6.07. The van der Waals surface area contributed by atoms with Crippen molar-refractivity contribution < 1.29 is 14.3 Å². The molecule has 0 radical (unpaired) electrons. The molecule has 0 atom stereocenters. The molecule has 7 heteroatoms. The van der Waals surface area contributed by atoms with Crippen LogP contribution in [0, 0.1) is 6.92 Å². The smallest absolute Gasteiger partial charge is 0.233 e. The van der Waals surface area contributed by atoms with Gasteiger partial charge in [0, 0.05) is 30.7 Å². The second-order valence-electron chi connectivity index (χ2n) is 5.51. The van der Waals surface area contributed by atoms with Crippen molar-refractivity contribution in [1.82, 2.24) is 10.2 Å². The molecule has 1 aromatic carbocycles. The fraction of sp³-hybridized carbons (Fsp3) is 0.500. The SMILES string of the molecule is Cc1ccc(NC(=O)CC(=O)NCCN2CCOCC2)c(Br)c1. The van der Waals surface area contributed by atoms with Gasteiger partial charge in [0.1, 0.15) is 6.42 Å². The van der Waals surface area contributed by atoms with Crippen LogP contribution in [-0.2, 0) is 14.3 Å². The van der Waals surface area contributed by atoms with Gasteiger partial charge in [0.25, 0.3) is 0 Å². The van der Waals surface area contributed by atoms with Gasteiger partial charge >= 0.3 is 0 Å². The fourth-order valence-corrected chi connectivity index (χ4v) is 2.89. The van der Waals surface area contributed by atoms with E-state index in [2.05, 4.69) is 31.5 Å². The van der Waals surface area contributed by atoms with Crippen LogP contribution in [0.25, 0.3) is 0 Å². The lowest BCUT2D eigenvalue weighted by molar-refractivity contribution is -0.126. The minimum Gasteiger partial charge on any atom is -0.379 e. The van der Waals surface area contributed by atoms with E-state index in [-0.39, 0.29) is 18.2 Å². The molecule has 23 heavy (non-hydrogen) atoms. The quantitative estimate of drug-likeness (QED) is 0.730. The zero-order chi connectivity index (χ0) is 16.7. The highest BCUT2D eigenvalue weighted by Crippen LogP contribution is 2.23. The molecule has 0 aromatic heterocycles. The highest BCUT2D eigenvalue weighted by Gasteiger charge is 2.13. The maximum atomic E-state index is 11.9. The van der Waals surface area contributed by atoms with E-state index in [0.717, 1.165) is 42.9 Å². The van der Waals surface area contributed by atoms with Gasteiger partial charge in [-0.2, -0.15) is 0 Å². The number of ether oxygens (including phenoxy) is 1. The normalized spacial score (nSPS) is 15.2. The molecule has 0 saturated carbocycles. The van der Waals surface area contributed by atoms with Gasteiger partial charge in [-0.1, -0.05) is 6.07 Å². The molecule has 0 aliphatic carbocycles.